The number of amides is 5. The summed E-state index contributed by atoms with van der Waals surface area (Å²) in [4.78, 5) is 75.2. The number of hydrogen-bond acceptors (Lipinski definition) is 16. The number of aromatic nitrogens is 4. The summed E-state index contributed by atoms with van der Waals surface area (Å²) in [6, 6.07) is 15.0. The molecule has 1 atom stereocenters. The fraction of sp³-hybridized carbons (Fsp3) is 0.440. The molecular weight excluding hydrogens is 937 g/mol. The van der Waals surface area contributed by atoms with Crippen LogP contribution in [0.3, 0.4) is 0 Å². The van der Waals surface area contributed by atoms with Crippen LogP contribution in [0.4, 0.5) is 26.0 Å². The average molecular weight is 994 g/mol. The number of fused-ring (bicyclic) bond motifs is 1. The molecule has 1 saturated carbocycles. The molecule has 3 aromatic heterocycles. The van der Waals surface area contributed by atoms with Crippen LogP contribution < -0.4 is 26.6 Å². The van der Waals surface area contributed by atoms with Gasteiger partial charge < -0.3 is 44.8 Å². The predicted octanol–water partition coefficient (Wildman–Crippen LogP) is 5.05. The van der Waals surface area contributed by atoms with Gasteiger partial charge in [0.2, 0.25) is 17.7 Å². The number of halogens is 2. The standard InChI is InChI=1S/C50H57F2N11O9/c51-45(52)44-39(57-46(65)40-30-72-48(58-40)33-11-14-54-42(25-33)55-28-32-1-2-32)29-62(60-44)36-6-3-31(4-7-36)27-53-15-19-69-21-23-71-24-22-70-20-18-61-16-12-34(13-17-61)56-35-5-8-37-38(26-35)50(68)63(49(37)67)41-9-10-43(64)59-47(41)66/h3-8,11,14,25-26,29-30,32,34,41,45,53,56H,1-2,9-10,12-13,15-24,27-28H2,(H,54,55)(H,57,65)(H,59,64,66). The lowest BCUT2D eigenvalue weighted by molar-refractivity contribution is -0.136. The lowest BCUT2D eigenvalue weighted by Crippen LogP contribution is -2.54. The van der Waals surface area contributed by atoms with Gasteiger partial charge in [-0.1, -0.05) is 12.1 Å². The van der Waals surface area contributed by atoms with E-state index in [1.807, 2.05) is 12.1 Å². The first-order valence-corrected chi connectivity index (χ1v) is 24.3. The smallest absolute Gasteiger partial charge is 0.284 e. The Hall–Kier alpha value is -6.98. The molecule has 2 saturated heterocycles. The minimum absolute atomic E-state index is 0.0732. The molecule has 5 amide bonds. The molecule has 1 aliphatic carbocycles. The van der Waals surface area contributed by atoms with Crippen LogP contribution in [0, 0.1) is 5.92 Å². The SMILES string of the molecule is O=C1CCC(N2C(=O)c3ccc(NC4CCN(CCOCCOCCOCCNCc5ccc(-n6cc(NC(=O)c7coc(-c8ccnc(NCC9CC9)c8)n7)c(C(F)F)n6)cc5)CC4)cc3C2=O)C(=O)N1. The highest BCUT2D eigenvalue weighted by Gasteiger charge is 2.44. The lowest BCUT2D eigenvalue weighted by Gasteiger charge is -2.32. The summed E-state index contributed by atoms with van der Waals surface area (Å²) in [7, 11) is 0. The monoisotopic (exact) mass is 993 g/mol. The van der Waals surface area contributed by atoms with Gasteiger partial charge in [0.25, 0.3) is 24.1 Å². The maximum absolute atomic E-state index is 14.1. The molecule has 2 aromatic carbocycles. The van der Waals surface area contributed by atoms with Gasteiger partial charge in [0.05, 0.1) is 68.3 Å². The zero-order chi connectivity index (χ0) is 50.0. The fourth-order valence-corrected chi connectivity index (χ4v) is 8.68. The van der Waals surface area contributed by atoms with E-state index in [2.05, 4.69) is 46.6 Å². The Balaban J connectivity index is 0.600. The van der Waals surface area contributed by atoms with Gasteiger partial charge in [-0.2, -0.15) is 5.10 Å². The number of pyridine rings is 1. The molecule has 0 spiro atoms. The van der Waals surface area contributed by atoms with E-state index in [1.165, 1.54) is 30.0 Å². The first-order valence-electron chi connectivity index (χ1n) is 24.3. The maximum Gasteiger partial charge on any atom is 0.284 e. The number of hydrogen-bond donors (Lipinski definition) is 5. The number of nitrogens with one attached hydrogen (secondary N) is 5. The second-order valence-electron chi connectivity index (χ2n) is 18.1. The number of anilines is 3. The second-order valence-corrected chi connectivity index (χ2v) is 18.1. The number of benzene rings is 2. The number of carbonyl (C=O) groups excluding carboxylic acids is 5. The molecule has 9 rings (SSSR count). The highest BCUT2D eigenvalue weighted by molar-refractivity contribution is 6.23. The van der Waals surface area contributed by atoms with E-state index in [9.17, 15) is 32.8 Å². The molecule has 6 heterocycles. The summed E-state index contributed by atoms with van der Waals surface area (Å²) < 4.78 is 52.1. The molecule has 22 heteroatoms. The van der Waals surface area contributed by atoms with E-state index < -0.39 is 47.7 Å². The van der Waals surface area contributed by atoms with Crippen LogP contribution in [-0.4, -0.2) is 144 Å². The molecular formula is C50H57F2N11O9. The van der Waals surface area contributed by atoms with Gasteiger partial charge in [0.1, 0.15) is 18.1 Å². The molecule has 5 aromatic rings. The average Bonchev–Trinajstić information content (AvgIpc) is 3.80. The summed E-state index contributed by atoms with van der Waals surface area (Å²) >= 11 is 0. The maximum atomic E-state index is 14.1. The number of piperidine rings is 2. The van der Waals surface area contributed by atoms with Gasteiger partial charge >= 0.3 is 0 Å². The number of carbonyl (C=O) groups is 5. The van der Waals surface area contributed by atoms with Crippen molar-refractivity contribution in [2.24, 2.45) is 5.92 Å². The molecule has 1 unspecified atom stereocenters. The summed E-state index contributed by atoms with van der Waals surface area (Å²) in [5, 5.41) is 18.9. The molecule has 4 aliphatic rings. The Bertz CT molecular complexity index is 2720. The lowest BCUT2D eigenvalue weighted by atomic mass is 10.0. The Morgan fingerprint density at radius 3 is 2.36 bits per heavy atom. The van der Waals surface area contributed by atoms with Crippen LogP contribution in [0.15, 0.2) is 77.7 Å². The minimum Gasteiger partial charge on any atom is -0.444 e. The van der Waals surface area contributed by atoms with Gasteiger partial charge in [-0.05, 0) is 86.1 Å². The summed E-state index contributed by atoms with van der Waals surface area (Å²) in [5.41, 5.74) is 2.59. The van der Waals surface area contributed by atoms with Crippen molar-refractivity contribution in [2.45, 2.75) is 63.6 Å². The minimum atomic E-state index is -2.94. The van der Waals surface area contributed by atoms with Gasteiger partial charge in [-0.15, -0.1) is 0 Å². The van der Waals surface area contributed by atoms with Gasteiger partial charge in [-0.25, -0.2) is 23.4 Å². The molecule has 3 fully saturated rings. The first-order chi connectivity index (χ1) is 35.1. The Labute approximate surface area is 413 Å². The Morgan fingerprint density at radius 1 is 0.861 bits per heavy atom. The third kappa shape index (κ3) is 12.7. The third-order valence-corrected chi connectivity index (χ3v) is 12.9. The van der Waals surface area contributed by atoms with Crippen LogP contribution >= 0.6 is 0 Å². The summed E-state index contributed by atoms with van der Waals surface area (Å²) in [5.74, 6) is -1.27. The number of likely N-dealkylation sites (tertiary alicyclic amines) is 1. The van der Waals surface area contributed by atoms with Gasteiger partial charge in [0.15, 0.2) is 11.4 Å². The number of nitrogens with zero attached hydrogens (tertiary/aromatic N) is 6. The molecule has 380 valence electrons. The molecule has 3 aliphatic heterocycles. The summed E-state index contributed by atoms with van der Waals surface area (Å²) in [6.07, 6.45) is 5.59. The van der Waals surface area contributed by atoms with Crippen LogP contribution in [0.5, 0.6) is 0 Å². The van der Waals surface area contributed by atoms with E-state index >= 15 is 0 Å². The highest BCUT2D eigenvalue weighted by atomic mass is 19.3. The van der Waals surface area contributed by atoms with E-state index in [0.717, 1.165) is 55.2 Å². The zero-order valence-corrected chi connectivity index (χ0v) is 39.6. The fourth-order valence-electron chi connectivity index (χ4n) is 8.68. The quantitative estimate of drug-likeness (QED) is 0.0380. The Kier molecular flexibility index (Phi) is 16.3. The van der Waals surface area contributed by atoms with Crippen molar-refractivity contribution in [3.05, 3.63) is 101 Å². The normalized spacial score (nSPS) is 17.4. The topological polar surface area (TPSA) is 236 Å². The highest BCUT2D eigenvalue weighted by Crippen LogP contribution is 2.32. The molecule has 5 N–H and O–H groups in total. The van der Waals surface area contributed by atoms with Gasteiger partial charge in [-0.3, -0.25) is 34.2 Å². The molecule has 0 radical (unpaired) electrons. The van der Waals surface area contributed by atoms with Crippen LogP contribution in [0.2, 0.25) is 0 Å². The van der Waals surface area contributed by atoms with Crippen molar-refractivity contribution >= 4 is 46.7 Å². The molecule has 20 nitrogen and oxygen atoms in total. The third-order valence-electron chi connectivity index (χ3n) is 12.9. The van der Waals surface area contributed by atoms with Crippen LogP contribution in [0.25, 0.3) is 17.1 Å². The van der Waals surface area contributed by atoms with Crippen LogP contribution in [0.1, 0.15) is 87.4 Å². The van der Waals surface area contributed by atoms with E-state index in [1.54, 1.807) is 48.7 Å². The van der Waals surface area contributed by atoms with E-state index in [-0.39, 0.29) is 47.3 Å². The van der Waals surface area contributed by atoms with Crippen molar-refractivity contribution in [2.75, 3.05) is 88.3 Å². The first kappa shape index (κ1) is 50.0. The molecule has 72 heavy (non-hydrogen) atoms. The van der Waals surface area contributed by atoms with Crippen molar-refractivity contribution in [1.29, 1.82) is 0 Å². The second kappa shape index (κ2) is 23.5. The van der Waals surface area contributed by atoms with Crippen molar-refractivity contribution in [3.63, 3.8) is 0 Å². The van der Waals surface area contributed by atoms with Crippen molar-refractivity contribution in [3.8, 4) is 17.1 Å². The number of imide groups is 2. The largest absolute Gasteiger partial charge is 0.444 e. The Morgan fingerprint density at radius 2 is 1.61 bits per heavy atom. The van der Waals surface area contributed by atoms with Crippen LogP contribution in [-0.2, 0) is 30.3 Å². The van der Waals surface area contributed by atoms with Gasteiger partial charge in [0, 0.05) is 69.2 Å². The predicted molar refractivity (Wildman–Crippen MR) is 258 cm³/mol. The summed E-state index contributed by atoms with van der Waals surface area (Å²) in [6.45, 7) is 7.45. The number of rotatable bonds is 25. The number of ether oxygens (including phenoxy) is 3. The van der Waals surface area contributed by atoms with E-state index in [0.29, 0.717) is 75.7 Å². The number of oxazole rings is 1. The zero-order valence-electron chi connectivity index (χ0n) is 39.6. The van der Waals surface area contributed by atoms with Crippen molar-refractivity contribution < 1.29 is 51.4 Å². The molecule has 0 bridgehead atoms. The van der Waals surface area contributed by atoms with Crippen molar-refractivity contribution in [1.82, 2.24) is 40.2 Å². The number of alkyl halides is 2. The van der Waals surface area contributed by atoms with E-state index in [4.69, 9.17) is 18.6 Å².